The first kappa shape index (κ1) is 15.5. The number of allylic oxidation sites excluding steroid dienone is 8. The molecule has 0 aliphatic heterocycles. The normalized spacial score (nSPS) is 27.7. The molecule has 0 aromatic heterocycles. The first-order valence-electron chi connectivity index (χ1n) is 7.61. The standard InChI is InChI=1S/C16H23.CH3.Al.H/c1-2-4-6-8-10-12-14-16-15-13-11-9-7-5-3-1;;;/h1-7H,8,10-16H2;1H3;;/b2-1-,5-3+,6-4+,9-7?;;;. The Morgan fingerprint density at radius 3 is 2.28 bits per heavy atom. The second-order valence-corrected chi connectivity index (χ2v) is 6.65. The maximum Gasteiger partial charge on any atom is 0.272 e. The van der Waals surface area contributed by atoms with E-state index in [1.807, 2.05) is 0 Å². The Morgan fingerprint density at radius 2 is 1.44 bits per heavy atom. The molecule has 0 nitrogen and oxygen atoms in total. The lowest BCUT2D eigenvalue weighted by Crippen LogP contribution is -1.91. The molecule has 0 saturated heterocycles. The average molecular weight is 258 g/mol. The highest BCUT2D eigenvalue weighted by Gasteiger charge is 1.96. The topological polar surface area (TPSA) is 0 Å². The predicted octanol–water partition coefficient (Wildman–Crippen LogP) is 5.16. The van der Waals surface area contributed by atoms with Crippen molar-refractivity contribution in [2.75, 3.05) is 0 Å². The fourth-order valence-electron chi connectivity index (χ4n) is 2.26. The predicted molar refractivity (Wildman–Crippen MR) is 85.5 cm³/mol. The minimum absolute atomic E-state index is 0.0276. The van der Waals surface area contributed by atoms with E-state index < -0.39 is 0 Å². The zero-order chi connectivity index (χ0) is 12.9. The highest BCUT2D eigenvalue weighted by atomic mass is 27.1. The van der Waals surface area contributed by atoms with E-state index in [-0.39, 0.29) is 15.2 Å². The van der Waals surface area contributed by atoms with Crippen LogP contribution in [0.4, 0.5) is 0 Å². The summed E-state index contributed by atoms with van der Waals surface area (Å²) in [4.78, 5) is 0. The molecule has 0 N–H and O–H groups in total. The third-order valence-electron chi connectivity index (χ3n) is 3.49. The Balaban J connectivity index is 2.48. The molecule has 0 unspecified atom stereocenters. The summed E-state index contributed by atoms with van der Waals surface area (Å²) in [6.07, 6.45) is 26.5. The van der Waals surface area contributed by atoms with Gasteiger partial charge in [-0.1, -0.05) is 74.6 Å². The summed E-state index contributed by atoms with van der Waals surface area (Å²) in [5, 5.41) is 0. The van der Waals surface area contributed by atoms with Gasteiger partial charge in [0.05, 0.1) is 0 Å². The number of hydrogen-bond donors (Lipinski definition) is 0. The Hall–Kier alpha value is -0.508. The van der Waals surface area contributed by atoms with Gasteiger partial charge in [0.2, 0.25) is 0 Å². The SMILES string of the molecule is [CH3][AlH]\[C]1=C/C=C/C=C\C=C\CCCCCCCC1. The molecule has 0 aromatic carbocycles. The van der Waals surface area contributed by atoms with Crippen LogP contribution in [0, 0.1) is 0 Å². The highest BCUT2D eigenvalue weighted by Crippen LogP contribution is 2.12. The molecule has 0 radical (unpaired) electrons. The molecule has 0 saturated carbocycles. The van der Waals surface area contributed by atoms with Crippen molar-refractivity contribution < 1.29 is 0 Å². The van der Waals surface area contributed by atoms with E-state index in [1.54, 1.807) is 4.44 Å². The number of rotatable bonds is 1. The smallest absolute Gasteiger partial charge is 0.136 e. The van der Waals surface area contributed by atoms with Crippen LogP contribution in [0.1, 0.15) is 51.4 Å². The Kier molecular flexibility index (Phi) is 10.00. The molecule has 0 fully saturated rings. The first-order chi connectivity index (χ1) is 8.93. The van der Waals surface area contributed by atoms with Crippen molar-refractivity contribution in [2.24, 2.45) is 0 Å². The van der Waals surface area contributed by atoms with Gasteiger partial charge in [0.1, 0.15) is 0 Å². The molecular weight excluding hydrogens is 231 g/mol. The summed E-state index contributed by atoms with van der Waals surface area (Å²) in [5.41, 5.74) is 0. The minimum Gasteiger partial charge on any atom is -0.136 e. The summed E-state index contributed by atoms with van der Waals surface area (Å²) in [6.45, 7) is 0. The maximum absolute atomic E-state index is 2.40. The monoisotopic (exact) mass is 258 g/mol. The third kappa shape index (κ3) is 8.56. The van der Waals surface area contributed by atoms with Gasteiger partial charge >= 0.3 is 0 Å². The van der Waals surface area contributed by atoms with Gasteiger partial charge in [0.25, 0.3) is 15.2 Å². The molecule has 0 bridgehead atoms. The summed E-state index contributed by atoms with van der Waals surface area (Å²) in [5.74, 6) is 2.40. The van der Waals surface area contributed by atoms with Crippen LogP contribution in [0.25, 0.3) is 0 Å². The molecule has 1 aliphatic carbocycles. The van der Waals surface area contributed by atoms with Crippen molar-refractivity contribution in [1.29, 1.82) is 0 Å². The molecule has 0 aromatic rings. The van der Waals surface area contributed by atoms with E-state index in [0.29, 0.717) is 0 Å². The summed E-state index contributed by atoms with van der Waals surface area (Å²) in [7, 11) is 0. The third-order valence-corrected chi connectivity index (χ3v) is 4.98. The van der Waals surface area contributed by atoms with Gasteiger partial charge in [-0.2, -0.15) is 0 Å². The Bertz CT molecular complexity index is 308. The van der Waals surface area contributed by atoms with Crippen molar-refractivity contribution >= 4 is 15.2 Å². The van der Waals surface area contributed by atoms with Crippen LogP contribution in [-0.2, 0) is 0 Å². The van der Waals surface area contributed by atoms with Gasteiger partial charge in [0.15, 0.2) is 0 Å². The van der Waals surface area contributed by atoms with Crippen molar-refractivity contribution in [2.45, 2.75) is 57.2 Å². The zero-order valence-electron chi connectivity index (χ0n) is 11.9. The maximum atomic E-state index is 2.40. The van der Waals surface area contributed by atoms with E-state index in [9.17, 15) is 0 Å². The van der Waals surface area contributed by atoms with E-state index in [4.69, 9.17) is 0 Å². The molecule has 98 valence electrons. The van der Waals surface area contributed by atoms with Crippen molar-refractivity contribution in [1.82, 2.24) is 0 Å². The summed E-state index contributed by atoms with van der Waals surface area (Å²) >= 11 is 0.0276. The second kappa shape index (κ2) is 11.6. The second-order valence-electron chi connectivity index (χ2n) is 5.04. The molecule has 0 amide bonds. The minimum atomic E-state index is 0.0276. The van der Waals surface area contributed by atoms with Gasteiger partial charge in [0, 0.05) is 0 Å². The van der Waals surface area contributed by atoms with Crippen LogP contribution in [0.3, 0.4) is 0 Å². The summed E-state index contributed by atoms with van der Waals surface area (Å²) in [6, 6.07) is 0. The van der Waals surface area contributed by atoms with Crippen molar-refractivity contribution in [3.8, 4) is 0 Å². The fraction of sp³-hybridized carbons (Fsp3) is 0.529. The van der Waals surface area contributed by atoms with E-state index in [1.165, 1.54) is 51.4 Å². The molecular formula is C17H27Al. The Morgan fingerprint density at radius 1 is 0.778 bits per heavy atom. The van der Waals surface area contributed by atoms with Gasteiger partial charge in [-0.3, -0.25) is 0 Å². The fourth-order valence-corrected chi connectivity index (χ4v) is 3.23. The van der Waals surface area contributed by atoms with Gasteiger partial charge in [-0.25, -0.2) is 0 Å². The lowest BCUT2D eigenvalue weighted by atomic mass is 10.1. The lowest BCUT2D eigenvalue weighted by Gasteiger charge is -2.03. The highest BCUT2D eigenvalue weighted by molar-refractivity contribution is 6.43. The van der Waals surface area contributed by atoms with Gasteiger partial charge in [-0.15, -0.1) is 10.2 Å². The molecule has 1 aliphatic rings. The van der Waals surface area contributed by atoms with E-state index >= 15 is 0 Å². The molecule has 0 heterocycles. The first-order valence-corrected chi connectivity index (χ1v) is 9.73. The van der Waals surface area contributed by atoms with Crippen LogP contribution >= 0.6 is 0 Å². The molecule has 1 heteroatoms. The molecule has 0 spiro atoms. The quantitative estimate of drug-likeness (QED) is 0.570. The van der Waals surface area contributed by atoms with Crippen molar-refractivity contribution in [3.05, 3.63) is 47.0 Å². The van der Waals surface area contributed by atoms with Crippen LogP contribution in [-0.4, -0.2) is 15.2 Å². The largest absolute Gasteiger partial charge is 0.272 e. The lowest BCUT2D eigenvalue weighted by molar-refractivity contribution is 0.598. The van der Waals surface area contributed by atoms with Gasteiger partial charge in [-0.05, 0) is 19.3 Å². The molecule has 18 heavy (non-hydrogen) atoms. The van der Waals surface area contributed by atoms with E-state index in [0.717, 1.165) is 0 Å². The van der Waals surface area contributed by atoms with Crippen LogP contribution in [0.5, 0.6) is 0 Å². The van der Waals surface area contributed by atoms with Crippen LogP contribution in [0.15, 0.2) is 47.0 Å². The van der Waals surface area contributed by atoms with E-state index in [2.05, 4.69) is 48.3 Å². The molecule has 1 rings (SSSR count). The number of hydrogen-bond acceptors (Lipinski definition) is 0. The van der Waals surface area contributed by atoms with Crippen molar-refractivity contribution in [3.63, 3.8) is 0 Å². The average Bonchev–Trinajstić information content (AvgIpc) is 2.39. The van der Waals surface area contributed by atoms with Gasteiger partial charge < -0.3 is 0 Å². The molecule has 0 atom stereocenters. The Labute approximate surface area is 119 Å². The summed E-state index contributed by atoms with van der Waals surface area (Å²) < 4.78 is 1.72. The van der Waals surface area contributed by atoms with Crippen LogP contribution < -0.4 is 0 Å². The zero-order valence-corrected chi connectivity index (χ0v) is 13.3. The van der Waals surface area contributed by atoms with Crippen LogP contribution in [0.2, 0.25) is 5.79 Å².